The maximum Gasteiger partial charge on any atom is 0.167 e. The largest absolute Gasteiger partial charge is 0.494 e. The SMILES string of the molecule is COc1cc2c(N(C)Cc3ccco3)ncnc2cc1F. The zero-order valence-electron chi connectivity index (χ0n) is 11.7. The van der Waals surface area contributed by atoms with Gasteiger partial charge in [0.05, 0.1) is 25.4 Å². The minimum Gasteiger partial charge on any atom is -0.494 e. The zero-order chi connectivity index (χ0) is 14.8. The fourth-order valence-electron chi connectivity index (χ4n) is 2.22. The van der Waals surface area contributed by atoms with Crippen LogP contribution in [0.15, 0.2) is 41.3 Å². The van der Waals surface area contributed by atoms with Crippen LogP contribution in [0.25, 0.3) is 10.9 Å². The topological polar surface area (TPSA) is 51.4 Å². The van der Waals surface area contributed by atoms with Gasteiger partial charge < -0.3 is 14.1 Å². The van der Waals surface area contributed by atoms with Gasteiger partial charge >= 0.3 is 0 Å². The van der Waals surface area contributed by atoms with Crippen LogP contribution in [0.4, 0.5) is 10.2 Å². The molecule has 0 aliphatic rings. The molecular weight excluding hydrogens is 273 g/mol. The molecule has 6 heteroatoms. The Morgan fingerprint density at radius 3 is 2.90 bits per heavy atom. The van der Waals surface area contributed by atoms with Crippen LogP contribution in [-0.2, 0) is 6.54 Å². The summed E-state index contributed by atoms with van der Waals surface area (Å²) < 4.78 is 24.1. The zero-order valence-corrected chi connectivity index (χ0v) is 11.7. The predicted molar refractivity (Wildman–Crippen MR) is 76.9 cm³/mol. The molecule has 0 fully saturated rings. The first-order chi connectivity index (χ1) is 10.2. The lowest BCUT2D eigenvalue weighted by molar-refractivity contribution is 0.387. The van der Waals surface area contributed by atoms with E-state index in [0.29, 0.717) is 17.9 Å². The van der Waals surface area contributed by atoms with E-state index in [1.165, 1.54) is 19.5 Å². The summed E-state index contributed by atoms with van der Waals surface area (Å²) in [4.78, 5) is 10.3. The number of halogens is 1. The number of anilines is 1. The smallest absolute Gasteiger partial charge is 0.167 e. The normalized spacial score (nSPS) is 10.8. The van der Waals surface area contributed by atoms with Crippen molar-refractivity contribution in [2.24, 2.45) is 0 Å². The number of rotatable bonds is 4. The van der Waals surface area contributed by atoms with Crippen LogP contribution < -0.4 is 9.64 Å². The number of fused-ring (bicyclic) bond motifs is 1. The fourth-order valence-corrected chi connectivity index (χ4v) is 2.22. The van der Waals surface area contributed by atoms with Crippen LogP contribution in [0.2, 0.25) is 0 Å². The fraction of sp³-hybridized carbons (Fsp3) is 0.200. The molecule has 0 aliphatic carbocycles. The highest BCUT2D eigenvalue weighted by molar-refractivity contribution is 5.90. The molecule has 3 aromatic rings. The quantitative estimate of drug-likeness (QED) is 0.738. The lowest BCUT2D eigenvalue weighted by Crippen LogP contribution is -2.17. The molecule has 0 spiro atoms. The van der Waals surface area contributed by atoms with Crippen LogP contribution in [-0.4, -0.2) is 24.1 Å². The number of furan rings is 1. The Bertz CT molecular complexity index is 759. The number of benzene rings is 1. The average molecular weight is 287 g/mol. The Hall–Kier alpha value is -2.63. The molecule has 0 aliphatic heterocycles. The van der Waals surface area contributed by atoms with Crippen molar-refractivity contribution in [3.8, 4) is 5.75 Å². The molecule has 0 atom stereocenters. The lowest BCUT2D eigenvalue weighted by atomic mass is 10.2. The van der Waals surface area contributed by atoms with Crippen LogP contribution in [0.3, 0.4) is 0 Å². The Balaban J connectivity index is 2.05. The number of nitrogens with zero attached hydrogens (tertiary/aromatic N) is 3. The Morgan fingerprint density at radius 2 is 2.19 bits per heavy atom. The first-order valence-electron chi connectivity index (χ1n) is 6.41. The minimum absolute atomic E-state index is 0.171. The van der Waals surface area contributed by atoms with Gasteiger partial charge in [-0.2, -0.15) is 0 Å². The van der Waals surface area contributed by atoms with Crippen molar-refractivity contribution in [3.63, 3.8) is 0 Å². The van der Waals surface area contributed by atoms with Gasteiger partial charge in [-0.15, -0.1) is 0 Å². The predicted octanol–water partition coefficient (Wildman–Crippen LogP) is 3.01. The Labute approximate surface area is 121 Å². The van der Waals surface area contributed by atoms with Gasteiger partial charge in [-0.25, -0.2) is 14.4 Å². The number of hydrogen-bond acceptors (Lipinski definition) is 5. The summed E-state index contributed by atoms with van der Waals surface area (Å²) in [5.74, 6) is 1.24. The molecule has 0 N–H and O–H groups in total. The van der Waals surface area contributed by atoms with E-state index in [4.69, 9.17) is 9.15 Å². The molecule has 108 valence electrons. The monoisotopic (exact) mass is 287 g/mol. The van der Waals surface area contributed by atoms with Gasteiger partial charge in [0.2, 0.25) is 0 Å². The summed E-state index contributed by atoms with van der Waals surface area (Å²) >= 11 is 0. The van der Waals surface area contributed by atoms with E-state index < -0.39 is 5.82 Å². The second kappa shape index (κ2) is 5.40. The second-order valence-electron chi connectivity index (χ2n) is 4.64. The third-order valence-electron chi connectivity index (χ3n) is 3.22. The summed E-state index contributed by atoms with van der Waals surface area (Å²) in [7, 11) is 3.32. The van der Waals surface area contributed by atoms with Crippen LogP contribution >= 0.6 is 0 Å². The van der Waals surface area contributed by atoms with Crippen molar-refractivity contribution in [1.82, 2.24) is 9.97 Å². The van der Waals surface area contributed by atoms with Crippen molar-refractivity contribution in [2.45, 2.75) is 6.54 Å². The van der Waals surface area contributed by atoms with Gasteiger partial charge in [-0.1, -0.05) is 0 Å². The highest BCUT2D eigenvalue weighted by atomic mass is 19.1. The molecule has 2 heterocycles. The first kappa shape index (κ1) is 13.4. The van der Waals surface area contributed by atoms with E-state index in [2.05, 4.69) is 9.97 Å². The van der Waals surface area contributed by atoms with E-state index in [1.54, 1.807) is 12.3 Å². The number of ether oxygens (including phenoxy) is 1. The van der Waals surface area contributed by atoms with Gasteiger partial charge in [-0.3, -0.25) is 0 Å². The lowest BCUT2D eigenvalue weighted by Gasteiger charge is -2.18. The van der Waals surface area contributed by atoms with Gasteiger partial charge in [0.1, 0.15) is 17.9 Å². The molecule has 0 unspecified atom stereocenters. The Kier molecular flexibility index (Phi) is 3.43. The molecule has 21 heavy (non-hydrogen) atoms. The van der Waals surface area contributed by atoms with Crippen molar-refractivity contribution in [1.29, 1.82) is 0 Å². The highest BCUT2D eigenvalue weighted by Gasteiger charge is 2.13. The number of hydrogen-bond donors (Lipinski definition) is 0. The molecule has 3 rings (SSSR count). The molecule has 0 saturated carbocycles. The number of aromatic nitrogens is 2. The third kappa shape index (κ3) is 2.52. The minimum atomic E-state index is -0.441. The summed E-state index contributed by atoms with van der Waals surface area (Å²) in [6.45, 7) is 0.554. The molecule has 1 aromatic carbocycles. The first-order valence-corrected chi connectivity index (χ1v) is 6.41. The summed E-state index contributed by atoms with van der Waals surface area (Å²) in [5.41, 5.74) is 0.532. The van der Waals surface area contributed by atoms with Gasteiger partial charge in [-0.05, 0) is 18.2 Å². The average Bonchev–Trinajstić information content (AvgIpc) is 2.98. The van der Waals surface area contributed by atoms with Crippen molar-refractivity contribution in [3.05, 3.63) is 48.4 Å². The molecule has 0 radical (unpaired) electrons. The summed E-state index contributed by atoms with van der Waals surface area (Å²) in [6.07, 6.45) is 3.04. The van der Waals surface area contributed by atoms with Crippen molar-refractivity contribution >= 4 is 16.7 Å². The van der Waals surface area contributed by atoms with Crippen LogP contribution in [0.1, 0.15) is 5.76 Å². The second-order valence-corrected chi connectivity index (χ2v) is 4.64. The molecular formula is C15H14FN3O2. The van der Waals surface area contributed by atoms with Crippen molar-refractivity contribution < 1.29 is 13.5 Å². The summed E-state index contributed by atoms with van der Waals surface area (Å²) in [6, 6.07) is 6.68. The van der Waals surface area contributed by atoms with E-state index in [1.807, 2.05) is 24.1 Å². The van der Waals surface area contributed by atoms with Crippen molar-refractivity contribution in [2.75, 3.05) is 19.1 Å². The molecule has 0 amide bonds. The highest BCUT2D eigenvalue weighted by Crippen LogP contribution is 2.29. The molecule has 0 saturated heterocycles. The molecule has 2 aromatic heterocycles. The van der Waals surface area contributed by atoms with Gasteiger partial charge in [0, 0.05) is 18.5 Å². The Morgan fingerprint density at radius 1 is 1.33 bits per heavy atom. The standard InChI is InChI=1S/C15H14FN3O2/c1-19(8-10-4-3-5-21-10)15-11-6-14(20-2)12(16)7-13(11)17-9-18-15/h3-7,9H,8H2,1-2H3. The third-order valence-corrected chi connectivity index (χ3v) is 3.22. The maximum absolute atomic E-state index is 13.7. The molecule has 5 nitrogen and oxygen atoms in total. The van der Waals surface area contributed by atoms with E-state index in [-0.39, 0.29) is 5.75 Å². The van der Waals surface area contributed by atoms with Gasteiger partial charge in [0.25, 0.3) is 0 Å². The van der Waals surface area contributed by atoms with E-state index in [0.717, 1.165) is 11.1 Å². The molecule has 0 bridgehead atoms. The van der Waals surface area contributed by atoms with E-state index in [9.17, 15) is 4.39 Å². The van der Waals surface area contributed by atoms with Crippen LogP contribution in [0.5, 0.6) is 5.75 Å². The van der Waals surface area contributed by atoms with Gasteiger partial charge in [0.15, 0.2) is 11.6 Å². The van der Waals surface area contributed by atoms with E-state index >= 15 is 0 Å². The summed E-state index contributed by atoms with van der Waals surface area (Å²) in [5, 5.41) is 0.727. The van der Waals surface area contributed by atoms with Crippen LogP contribution in [0, 0.1) is 5.82 Å². The number of methoxy groups -OCH3 is 1. The maximum atomic E-state index is 13.7.